The van der Waals surface area contributed by atoms with Crippen molar-refractivity contribution in [2.75, 3.05) is 20.8 Å². The molecular formula is C26H36O3S. The van der Waals surface area contributed by atoms with Gasteiger partial charge in [-0.3, -0.25) is 0 Å². The molecule has 0 aliphatic heterocycles. The third kappa shape index (κ3) is 7.32. The predicted octanol–water partition coefficient (Wildman–Crippen LogP) is 7.17. The molecule has 0 fully saturated rings. The molecule has 0 N–H and O–H groups in total. The summed E-state index contributed by atoms with van der Waals surface area (Å²) >= 11 is 5.53. The largest absolute Gasteiger partial charge is 0.497 e. The van der Waals surface area contributed by atoms with Crippen molar-refractivity contribution in [3.05, 3.63) is 47.5 Å². The Hall–Kier alpha value is -2.07. The number of ether oxygens (including phenoxy) is 3. The molecule has 0 aliphatic rings. The molecule has 164 valence electrons. The summed E-state index contributed by atoms with van der Waals surface area (Å²) in [5.74, 6) is 2.17. The molecule has 2 aromatic carbocycles. The van der Waals surface area contributed by atoms with E-state index >= 15 is 0 Å². The number of hydrogen-bond donors (Lipinski definition) is 0. The Morgan fingerprint density at radius 3 is 2.30 bits per heavy atom. The average Bonchev–Trinajstić information content (AvgIpc) is 2.77. The molecule has 4 heteroatoms. The molecule has 0 heterocycles. The number of methoxy groups -OCH3 is 2. The van der Waals surface area contributed by atoms with Crippen LogP contribution in [0.4, 0.5) is 0 Å². The van der Waals surface area contributed by atoms with Crippen LogP contribution in [0.1, 0.15) is 57.1 Å². The maximum absolute atomic E-state index is 5.95. The van der Waals surface area contributed by atoms with E-state index in [0.29, 0.717) is 11.0 Å². The Morgan fingerprint density at radius 1 is 1.00 bits per heavy atom. The molecule has 2 rings (SSSR count). The van der Waals surface area contributed by atoms with E-state index in [-0.39, 0.29) is 0 Å². The number of aryl methyl sites for hydroxylation is 2. The van der Waals surface area contributed by atoms with Crippen LogP contribution in [0.15, 0.2) is 36.4 Å². The van der Waals surface area contributed by atoms with Gasteiger partial charge in [0.15, 0.2) is 5.05 Å². The molecule has 0 spiro atoms. The Morgan fingerprint density at radius 2 is 1.70 bits per heavy atom. The van der Waals surface area contributed by atoms with Crippen LogP contribution in [0.2, 0.25) is 0 Å². The zero-order valence-electron chi connectivity index (χ0n) is 19.1. The van der Waals surface area contributed by atoms with Gasteiger partial charge in [0.1, 0.15) is 11.5 Å². The molecule has 3 nitrogen and oxygen atoms in total. The lowest BCUT2D eigenvalue weighted by Gasteiger charge is -2.17. The highest BCUT2D eigenvalue weighted by Gasteiger charge is 2.12. The molecule has 30 heavy (non-hydrogen) atoms. The highest BCUT2D eigenvalue weighted by atomic mass is 32.1. The third-order valence-corrected chi connectivity index (χ3v) is 5.87. The van der Waals surface area contributed by atoms with Gasteiger partial charge in [-0.15, -0.1) is 0 Å². The minimum atomic E-state index is 0.599. The predicted molar refractivity (Wildman–Crippen MR) is 130 cm³/mol. The molecule has 0 saturated heterocycles. The van der Waals surface area contributed by atoms with E-state index in [0.717, 1.165) is 42.9 Å². The first-order valence-corrected chi connectivity index (χ1v) is 11.4. The number of thiocarbonyl (C=S) groups is 1. The molecule has 0 radical (unpaired) electrons. The third-order valence-electron chi connectivity index (χ3n) is 5.55. The van der Waals surface area contributed by atoms with Crippen molar-refractivity contribution in [2.45, 2.75) is 59.3 Å². The van der Waals surface area contributed by atoms with Crippen LogP contribution in [0, 0.1) is 12.8 Å². The van der Waals surface area contributed by atoms with Crippen molar-refractivity contribution in [3.63, 3.8) is 0 Å². The monoisotopic (exact) mass is 428 g/mol. The smallest absolute Gasteiger partial charge is 0.160 e. The van der Waals surface area contributed by atoms with Gasteiger partial charge >= 0.3 is 0 Å². The van der Waals surface area contributed by atoms with Gasteiger partial charge in [0, 0.05) is 12.5 Å². The van der Waals surface area contributed by atoms with Crippen molar-refractivity contribution < 1.29 is 14.2 Å². The Balaban J connectivity index is 2.10. The molecule has 0 saturated carbocycles. The Bertz CT molecular complexity index is 794. The van der Waals surface area contributed by atoms with Gasteiger partial charge in [0.05, 0.1) is 20.8 Å². The molecule has 1 unspecified atom stereocenters. The van der Waals surface area contributed by atoms with Crippen LogP contribution in [-0.2, 0) is 11.2 Å². The SMILES string of the molecule is CCCCC(CC)COC(=S)CCc1ccc(C)cc1-c1cc(OC)cc(OC)c1. The van der Waals surface area contributed by atoms with Crippen molar-refractivity contribution in [3.8, 4) is 22.6 Å². The maximum Gasteiger partial charge on any atom is 0.160 e. The molecular weight excluding hydrogens is 392 g/mol. The highest BCUT2D eigenvalue weighted by molar-refractivity contribution is 7.80. The molecule has 0 aliphatic carbocycles. The summed E-state index contributed by atoms with van der Waals surface area (Å²) in [5.41, 5.74) is 4.74. The van der Waals surface area contributed by atoms with Crippen molar-refractivity contribution in [2.24, 2.45) is 5.92 Å². The summed E-state index contributed by atoms with van der Waals surface area (Å²) in [4.78, 5) is 0. The Labute approximate surface area is 187 Å². The lowest BCUT2D eigenvalue weighted by Crippen LogP contribution is -2.13. The first-order chi connectivity index (χ1) is 14.5. The van der Waals surface area contributed by atoms with Gasteiger partial charge in [-0.2, -0.15) is 0 Å². The van der Waals surface area contributed by atoms with Gasteiger partial charge in [0.25, 0.3) is 0 Å². The van der Waals surface area contributed by atoms with Crippen molar-refractivity contribution >= 4 is 17.3 Å². The number of benzene rings is 2. The highest BCUT2D eigenvalue weighted by Crippen LogP contribution is 2.33. The number of hydrogen-bond acceptors (Lipinski definition) is 4. The summed E-state index contributed by atoms with van der Waals surface area (Å²) in [6, 6.07) is 12.5. The second-order valence-corrected chi connectivity index (χ2v) is 8.32. The lowest BCUT2D eigenvalue weighted by molar-refractivity contribution is 0.223. The molecule has 0 bridgehead atoms. The van der Waals surface area contributed by atoms with Gasteiger partial charge in [-0.25, -0.2) is 0 Å². The number of rotatable bonds is 12. The first-order valence-electron chi connectivity index (χ1n) is 11.0. The average molecular weight is 429 g/mol. The quantitative estimate of drug-likeness (QED) is 0.335. The lowest BCUT2D eigenvalue weighted by atomic mass is 9.94. The van der Waals surface area contributed by atoms with E-state index < -0.39 is 0 Å². The van der Waals surface area contributed by atoms with E-state index in [9.17, 15) is 0 Å². The van der Waals surface area contributed by atoms with Crippen molar-refractivity contribution in [1.82, 2.24) is 0 Å². The fraction of sp³-hybridized carbons (Fsp3) is 0.500. The topological polar surface area (TPSA) is 27.7 Å². The molecule has 1 atom stereocenters. The molecule has 0 amide bonds. The number of unbranched alkanes of at least 4 members (excludes halogenated alkanes) is 1. The zero-order chi connectivity index (χ0) is 21.9. The minimum absolute atomic E-state index is 0.599. The van der Waals surface area contributed by atoms with Gasteiger partial charge < -0.3 is 14.2 Å². The van der Waals surface area contributed by atoms with Crippen LogP contribution < -0.4 is 9.47 Å². The van der Waals surface area contributed by atoms with Crippen molar-refractivity contribution in [1.29, 1.82) is 0 Å². The van der Waals surface area contributed by atoms with E-state index in [1.807, 2.05) is 6.07 Å². The summed E-state index contributed by atoms with van der Waals surface area (Å²) < 4.78 is 16.9. The second kappa shape index (κ2) is 12.6. The van der Waals surface area contributed by atoms with Crippen LogP contribution in [-0.4, -0.2) is 25.9 Å². The zero-order valence-corrected chi connectivity index (χ0v) is 19.9. The molecule has 2 aromatic rings. The summed E-state index contributed by atoms with van der Waals surface area (Å²) in [6.07, 6.45) is 6.44. The van der Waals surface area contributed by atoms with E-state index in [4.69, 9.17) is 26.4 Å². The molecule has 0 aromatic heterocycles. The van der Waals surface area contributed by atoms with Gasteiger partial charge in [-0.1, -0.05) is 56.9 Å². The maximum atomic E-state index is 5.95. The summed E-state index contributed by atoms with van der Waals surface area (Å²) in [5, 5.41) is 0.708. The summed E-state index contributed by atoms with van der Waals surface area (Å²) in [7, 11) is 3.35. The standard InChI is InChI=1S/C26H36O3S/c1-6-8-9-20(7-2)18-29-26(30)13-12-21-11-10-19(3)14-25(21)22-15-23(27-4)17-24(16-22)28-5/h10-11,14-17,20H,6-9,12-13,18H2,1-5H3. The van der Waals surface area contributed by atoms with Gasteiger partial charge in [-0.05, 0) is 66.7 Å². The first kappa shape index (κ1) is 24.2. The van der Waals surface area contributed by atoms with Gasteiger partial charge in [0.2, 0.25) is 0 Å². The fourth-order valence-electron chi connectivity index (χ4n) is 3.56. The van der Waals surface area contributed by atoms with E-state index in [2.05, 4.69) is 51.1 Å². The van der Waals surface area contributed by atoms with Crippen LogP contribution in [0.3, 0.4) is 0 Å². The second-order valence-electron chi connectivity index (χ2n) is 7.86. The van der Waals surface area contributed by atoms with E-state index in [1.54, 1.807) is 14.2 Å². The fourth-order valence-corrected chi connectivity index (χ4v) is 3.73. The van der Waals surface area contributed by atoms with Crippen LogP contribution in [0.5, 0.6) is 11.5 Å². The minimum Gasteiger partial charge on any atom is -0.497 e. The Kier molecular flexibility index (Phi) is 10.2. The summed E-state index contributed by atoms with van der Waals surface area (Å²) in [6.45, 7) is 7.31. The van der Waals surface area contributed by atoms with Crippen LogP contribution >= 0.6 is 12.2 Å². The van der Waals surface area contributed by atoms with Crippen LogP contribution in [0.25, 0.3) is 11.1 Å². The normalized spacial score (nSPS) is 11.8. The van der Waals surface area contributed by atoms with E-state index in [1.165, 1.54) is 36.0 Å².